The number of benzene rings is 1. The summed E-state index contributed by atoms with van der Waals surface area (Å²) in [6, 6.07) is 4.98. The van der Waals surface area contributed by atoms with Crippen LogP contribution in [0.15, 0.2) is 23.2 Å². The van der Waals surface area contributed by atoms with Gasteiger partial charge in [-0.1, -0.05) is 6.07 Å². The molecular weight excluding hydrogens is 297 g/mol. The standard InChI is InChI=1S/C17H28FN3O2/c1-4-22-11-7-6-10-20-17(19-3)21-13-14-8-9-16(23-5-2)15(18)12-14/h8-9,12H,4-7,10-11,13H2,1-3H3,(H2,19,20,21). The number of aliphatic imine (C=N–C) groups is 1. The first-order valence-electron chi connectivity index (χ1n) is 8.14. The van der Waals surface area contributed by atoms with Gasteiger partial charge in [0.25, 0.3) is 0 Å². The zero-order valence-electron chi connectivity index (χ0n) is 14.3. The monoisotopic (exact) mass is 325 g/mol. The van der Waals surface area contributed by atoms with E-state index in [9.17, 15) is 4.39 Å². The summed E-state index contributed by atoms with van der Waals surface area (Å²) >= 11 is 0. The molecule has 1 aromatic carbocycles. The molecule has 0 aliphatic carbocycles. The van der Waals surface area contributed by atoms with Crippen molar-refractivity contribution in [1.29, 1.82) is 0 Å². The fourth-order valence-corrected chi connectivity index (χ4v) is 2.01. The first-order valence-corrected chi connectivity index (χ1v) is 8.14. The van der Waals surface area contributed by atoms with Gasteiger partial charge in [0.1, 0.15) is 0 Å². The van der Waals surface area contributed by atoms with Crippen molar-refractivity contribution >= 4 is 5.96 Å². The van der Waals surface area contributed by atoms with E-state index >= 15 is 0 Å². The number of hydrogen-bond donors (Lipinski definition) is 2. The van der Waals surface area contributed by atoms with Crippen molar-refractivity contribution in [2.45, 2.75) is 33.2 Å². The zero-order valence-corrected chi connectivity index (χ0v) is 14.3. The normalized spacial score (nSPS) is 11.4. The highest BCUT2D eigenvalue weighted by atomic mass is 19.1. The summed E-state index contributed by atoms with van der Waals surface area (Å²) < 4.78 is 24.3. The van der Waals surface area contributed by atoms with Crippen LogP contribution < -0.4 is 15.4 Å². The van der Waals surface area contributed by atoms with Crippen molar-refractivity contribution in [2.24, 2.45) is 4.99 Å². The number of nitrogens with one attached hydrogen (secondary N) is 2. The quantitative estimate of drug-likeness (QED) is 0.394. The lowest BCUT2D eigenvalue weighted by atomic mass is 10.2. The molecule has 0 saturated carbocycles. The lowest BCUT2D eigenvalue weighted by molar-refractivity contribution is 0.143. The molecule has 0 saturated heterocycles. The fraction of sp³-hybridized carbons (Fsp3) is 0.588. The second kappa shape index (κ2) is 11.7. The molecule has 1 rings (SSSR count). The minimum Gasteiger partial charge on any atom is -0.491 e. The van der Waals surface area contributed by atoms with Gasteiger partial charge in [0.05, 0.1) is 6.61 Å². The third kappa shape index (κ3) is 7.83. The maximum Gasteiger partial charge on any atom is 0.191 e. The number of unbranched alkanes of at least 4 members (excludes halogenated alkanes) is 1. The summed E-state index contributed by atoms with van der Waals surface area (Å²) in [6.07, 6.45) is 2.03. The molecule has 0 amide bonds. The molecule has 0 heterocycles. The van der Waals surface area contributed by atoms with Gasteiger partial charge >= 0.3 is 0 Å². The number of halogens is 1. The van der Waals surface area contributed by atoms with E-state index in [4.69, 9.17) is 9.47 Å². The van der Waals surface area contributed by atoms with Crippen LogP contribution in [-0.2, 0) is 11.3 Å². The predicted octanol–water partition coefficient (Wildman–Crippen LogP) is 2.71. The van der Waals surface area contributed by atoms with Crippen molar-refractivity contribution in [1.82, 2.24) is 10.6 Å². The molecule has 0 aliphatic heterocycles. The second-order valence-corrected chi connectivity index (χ2v) is 4.95. The largest absolute Gasteiger partial charge is 0.491 e. The molecule has 0 radical (unpaired) electrons. The van der Waals surface area contributed by atoms with E-state index in [2.05, 4.69) is 15.6 Å². The summed E-state index contributed by atoms with van der Waals surface area (Å²) in [4.78, 5) is 4.15. The van der Waals surface area contributed by atoms with E-state index in [-0.39, 0.29) is 11.6 Å². The highest BCUT2D eigenvalue weighted by Crippen LogP contribution is 2.18. The average Bonchev–Trinajstić information content (AvgIpc) is 2.56. The Labute approximate surface area is 138 Å². The van der Waals surface area contributed by atoms with Gasteiger partial charge in [0.2, 0.25) is 0 Å². The molecule has 23 heavy (non-hydrogen) atoms. The molecule has 2 N–H and O–H groups in total. The van der Waals surface area contributed by atoms with Gasteiger partial charge in [-0.25, -0.2) is 4.39 Å². The van der Waals surface area contributed by atoms with Crippen LogP contribution in [0.5, 0.6) is 5.75 Å². The summed E-state index contributed by atoms with van der Waals surface area (Å²) in [6.45, 7) is 7.15. The first-order chi connectivity index (χ1) is 11.2. The minimum atomic E-state index is -0.343. The van der Waals surface area contributed by atoms with Crippen LogP contribution in [0, 0.1) is 5.82 Å². The number of hydrogen-bond acceptors (Lipinski definition) is 3. The Morgan fingerprint density at radius 1 is 1.17 bits per heavy atom. The van der Waals surface area contributed by atoms with E-state index in [0.717, 1.165) is 38.2 Å². The van der Waals surface area contributed by atoms with Gasteiger partial charge in [-0.3, -0.25) is 4.99 Å². The molecule has 0 aliphatic rings. The lowest BCUT2D eigenvalue weighted by Crippen LogP contribution is -2.37. The van der Waals surface area contributed by atoms with Crippen LogP contribution in [0.25, 0.3) is 0 Å². The number of ether oxygens (including phenoxy) is 2. The summed E-state index contributed by atoms with van der Waals surface area (Å²) in [5.41, 5.74) is 0.838. The van der Waals surface area contributed by atoms with Gasteiger partial charge < -0.3 is 20.1 Å². The summed E-state index contributed by atoms with van der Waals surface area (Å²) in [5.74, 6) is 0.647. The van der Waals surface area contributed by atoms with Crippen LogP contribution >= 0.6 is 0 Å². The zero-order chi connectivity index (χ0) is 16.9. The van der Waals surface area contributed by atoms with E-state index in [0.29, 0.717) is 19.1 Å². The molecule has 0 atom stereocenters. The summed E-state index contributed by atoms with van der Waals surface area (Å²) in [5, 5.41) is 6.39. The van der Waals surface area contributed by atoms with Gasteiger partial charge in [-0.15, -0.1) is 0 Å². The maximum atomic E-state index is 13.8. The van der Waals surface area contributed by atoms with Gasteiger partial charge in [-0.05, 0) is 44.4 Å². The van der Waals surface area contributed by atoms with Crippen molar-refractivity contribution in [3.63, 3.8) is 0 Å². The molecule has 0 aromatic heterocycles. The molecule has 0 fully saturated rings. The molecule has 5 nitrogen and oxygen atoms in total. The summed E-state index contributed by atoms with van der Waals surface area (Å²) in [7, 11) is 1.72. The van der Waals surface area contributed by atoms with E-state index in [1.807, 2.05) is 19.9 Å². The van der Waals surface area contributed by atoms with Gasteiger partial charge in [0.15, 0.2) is 17.5 Å². The Morgan fingerprint density at radius 2 is 2.00 bits per heavy atom. The molecule has 0 unspecified atom stereocenters. The van der Waals surface area contributed by atoms with Crippen LogP contribution in [0.2, 0.25) is 0 Å². The lowest BCUT2D eigenvalue weighted by Gasteiger charge is -2.12. The van der Waals surface area contributed by atoms with Crippen molar-refractivity contribution < 1.29 is 13.9 Å². The van der Waals surface area contributed by atoms with Crippen molar-refractivity contribution in [3.05, 3.63) is 29.6 Å². The van der Waals surface area contributed by atoms with Gasteiger partial charge in [-0.2, -0.15) is 0 Å². The highest BCUT2D eigenvalue weighted by molar-refractivity contribution is 5.79. The SMILES string of the molecule is CCOCCCCNC(=NC)NCc1ccc(OCC)c(F)c1. The van der Waals surface area contributed by atoms with E-state index in [1.165, 1.54) is 6.07 Å². The number of nitrogens with zero attached hydrogens (tertiary/aromatic N) is 1. The van der Waals surface area contributed by atoms with Gasteiger partial charge in [0, 0.05) is 33.4 Å². The molecule has 6 heteroatoms. The Kier molecular flexibility index (Phi) is 9.79. The van der Waals surface area contributed by atoms with Crippen LogP contribution in [0.1, 0.15) is 32.3 Å². The third-order valence-electron chi connectivity index (χ3n) is 3.19. The minimum absolute atomic E-state index is 0.285. The molecule has 0 bridgehead atoms. The Hall–Kier alpha value is -1.82. The third-order valence-corrected chi connectivity index (χ3v) is 3.19. The van der Waals surface area contributed by atoms with E-state index in [1.54, 1.807) is 13.1 Å². The number of rotatable bonds is 10. The fourth-order valence-electron chi connectivity index (χ4n) is 2.01. The first kappa shape index (κ1) is 19.2. The molecule has 0 spiro atoms. The molecule has 130 valence electrons. The second-order valence-electron chi connectivity index (χ2n) is 4.95. The van der Waals surface area contributed by atoms with Crippen LogP contribution in [0.3, 0.4) is 0 Å². The van der Waals surface area contributed by atoms with Crippen molar-refractivity contribution in [2.75, 3.05) is 33.4 Å². The van der Waals surface area contributed by atoms with Crippen LogP contribution in [-0.4, -0.2) is 39.4 Å². The van der Waals surface area contributed by atoms with Crippen LogP contribution in [0.4, 0.5) is 4.39 Å². The van der Waals surface area contributed by atoms with Crippen molar-refractivity contribution in [3.8, 4) is 5.75 Å². The maximum absolute atomic E-state index is 13.8. The Morgan fingerprint density at radius 3 is 2.65 bits per heavy atom. The Bertz CT molecular complexity index is 481. The highest BCUT2D eigenvalue weighted by Gasteiger charge is 2.05. The average molecular weight is 325 g/mol. The molecule has 1 aromatic rings. The number of guanidine groups is 1. The predicted molar refractivity (Wildman–Crippen MR) is 91.5 cm³/mol. The smallest absolute Gasteiger partial charge is 0.191 e. The topological polar surface area (TPSA) is 54.9 Å². The molecular formula is C17H28FN3O2. The van der Waals surface area contributed by atoms with E-state index < -0.39 is 0 Å². The Balaban J connectivity index is 2.32.